The van der Waals surface area contributed by atoms with Gasteiger partial charge in [0, 0.05) is 31.3 Å². The molecule has 1 saturated heterocycles. The minimum absolute atomic E-state index is 0.230. The average molecular weight is 479 g/mol. The van der Waals surface area contributed by atoms with Crippen LogP contribution in [0.1, 0.15) is 38.9 Å². The van der Waals surface area contributed by atoms with E-state index in [1.807, 2.05) is 24.6 Å². The van der Waals surface area contributed by atoms with Crippen LogP contribution in [-0.4, -0.2) is 49.3 Å². The fourth-order valence-corrected chi connectivity index (χ4v) is 3.98. The van der Waals surface area contributed by atoms with Gasteiger partial charge in [0.05, 0.1) is 6.54 Å². The SMILES string of the molecule is C=C(/C=C(\C=C/C)Cn1nc(-c2nc(-c3ccc(OC(C)F)cc3)no2)nc1C)N1CCCCC1. The first-order chi connectivity index (χ1) is 16.9. The van der Waals surface area contributed by atoms with E-state index in [-0.39, 0.29) is 5.89 Å². The lowest BCUT2D eigenvalue weighted by Gasteiger charge is -2.29. The summed E-state index contributed by atoms with van der Waals surface area (Å²) in [7, 11) is 0. The van der Waals surface area contributed by atoms with Crippen LogP contribution in [0.2, 0.25) is 0 Å². The van der Waals surface area contributed by atoms with Crippen molar-refractivity contribution in [3.8, 4) is 28.9 Å². The lowest BCUT2D eigenvalue weighted by molar-refractivity contribution is 0.0861. The monoisotopic (exact) mass is 478 g/mol. The van der Waals surface area contributed by atoms with E-state index < -0.39 is 6.36 Å². The Kier molecular flexibility index (Phi) is 7.74. The van der Waals surface area contributed by atoms with Crippen molar-refractivity contribution in [2.24, 2.45) is 0 Å². The average Bonchev–Trinajstić information content (AvgIpc) is 3.47. The van der Waals surface area contributed by atoms with Gasteiger partial charge in [0.1, 0.15) is 11.6 Å². The van der Waals surface area contributed by atoms with Crippen LogP contribution < -0.4 is 4.74 Å². The van der Waals surface area contributed by atoms with Crippen LogP contribution in [0, 0.1) is 6.92 Å². The van der Waals surface area contributed by atoms with E-state index in [1.165, 1.54) is 26.2 Å². The Balaban J connectivity index is 1.49. The van der Waals surface area contributed by atoms with E-state index in [0.29, 0.717) is 29.5 Å². The first-order valence-electron chi connectivity index (χ1n) is 11.9. The molecule has 0 radical (unpaired) electrons. The molecule has 0 amide bonds. The normalized spacial score (nSPS) is 15.5. The predicted molar refractivity (Wildman–Crippen MR) is 132 cm³/mol. The second kappa shape index (κ2) is 11.1. The van der Waals surface area contributed by atoms with Gasteiger partial charge in [0.25, 0.3) is 5.89 Å². The van der Waals surface area contributed by atoms with Gasteiger partial charge in [0.15, 0.2) is 0 Å². The number of allylic oxidation sites excluding steroid dienone is 4. The summed E-state index contributed by atoms with van der Waals surface area (Å²) in [6, 6.07) is 6.80. The van der Waals surface area contributed by atoms with Gasteiger partial charge in [-0.3, -0.25) is 0 Å². The Labute approximate surface area is 204 Å². The molecule has 1 aliphatic heterocycles. The summed E-state index contributed by atoms with van der Waals surface area (Å²) in [5.74, 6) is 2.15. The predicted octanol–water partition coefficient (Wildman–Crippen LogP) is 5.50. The van der Waals surface area contributed by atoms with Crippen molar-refractivity contribution < 1.29 is 13.7 Å². The van der Waals surface area contributed by atoms with Crippen molar-refractivity contribution in [3.05, 3.63) is 66.2 Å². The van der Waals surface area contributed by atoms with Gasteiger partial charge in [-0.15, -0.1) is 5.10 Å². The van der Waals surface area contributed by atoms with Crippen LogP contribution in [0.4, 0.5) is 4.39 Å². The second-order valence-electron chi connectivity index (χ2n) is 8.51. The summed E-state index contributed by atoms with van der Waals surface area (Å²) < 4.78 is 25.3. The largest absolute Gasteiger partial charge is 0.461 e. The fraction of sp³-hybridized carbons (Fsp3) is 0.385. The zero-order valence-electron chi connectivity index (χ0n) is 20.4. The Morgan fingerprint density at radius 3 is 2.60 bits per heavy atom. The zero-order valence-corrected chi connectivity index (χ0v) is 20.4. The van der Waals surface area contributed by atoms with E-state index in [9.17, 15) is 4.39 Å². The van der Waals surface area contributed by atoms with Crippen LogP contribution in [0.15, 0.2) is 64.9 Å². The summed E-state index contributed by atoms with van der Waals surface area (Å²) in [6.07, 6.45) is 8.51. The summed E-state index contributed by atoms with van der Waals surface area (Å²) in [5.41, 5.74) is 2.82. The molecule has 0 bridgehead atoms. The molecule has 3 aromatic rings. The van der Waals surface area contributed by atoms with Crippen molar-refractivity contribution in [1.29, 1.82) is 0 Å². The number of nitrogens with zero attached hydrogens (tertiary/aromatic N) is 6. The van der Waals surface area contributed by atoms with Gasteiger partial charge in [-0.05, 0) is 69.0 Å². The maximum atomic E-state index is 13.0. The molecule has 184 valence electrons. The van der Waals surface area contributed by atoms with Gasteiger partial charge in [-0.1, -0.05) is 23.9 Å². The summed E-state index contributed by atoms with van der Waals surface area (Å²) in [6.45, 7) is 12.1. The van der Waals surface area contributed by atoms with Gasteiger partial charge < -0.3 is 14.2 Å². The number of aromatic nitrogens is 5. The van der Waals surface area contributed by atoms with Crippen LogP contribution >= 0.6 is 0 Å². The number of alkyl halides is 1. The van der Waals surface area contributed by atoms with Crippen molar-refractivity contribution in [2.45, 2.75) is 52.9 Å². The summed E-state index contributed by atoms with van der Waals surface area (Å²) in [5, 5.41) is 8.65. The smallest absolute Gasteiger partial charge is 0.297 e. The molecule has 3 heterocycles. The van der Waals surface area contributed by atoms with Crippen molar-refractivity contribution in [2.75, 3.05) is 13.1 Å². The summed E-state index contributed by atoms with van der Waals surface area (Å²) in [4.78, 5) is 11.3. The molecule has 0 aliphatic carbocycles. The number of halogens is 1. The number of hydrogen-bond acceptors (Lipinski definition) is 7. The molecule has 1 aliphatic rings. The van der Waals surface area contributed by atoms with Crippen molar-refractivity contribution in [3.63, 3.8) is 0 Å². The second-order valence-corrected chi connectivity index (χ2v) is 8.51. The minimum atomic E-state index is -1.38. The first-order valence-corrected chi connectivity index (χ1v) is 11.9. The summed E-state index contributed by atoms with van der Waals surface area (Å²) >= 11 is 0. The van der Waals surface area contributed by atoms with Crippen LogP contribution in [0.25, 0.3) is 23.1 Å². The van der Waals surface area contributed by atoms with Crippen LogP contribution in [0.5, 0.6) is 5.75 Å². The molecule has 0 saturated carbocycles. The number of hydrogen-bond donors (Lipinski definition) is 0. The number of likely N-dealkylation sites (tertiary alicyclic amines) is 1. The van der Waals surface area contributed by atoms with E-state index in [1.54, 1.807) is 24.3 Å². The molecule has 0 N–H and O–H groups in total. The standard InChI is InChI=1S/C26H31FN6O2/c1-5-9-21(16-18(2)32-14-7-6-8-15-32)17-33-20(4)28-25(30-33)26-29-24(31-35-26)22-10-12-23(13-11-22)34-19(3)27/h5,9-13,16,19H,2,6-8,14-15,17H2,1,3-4H3/b9-5-,21-16+. The van der Waals surface area contributed by atoms with Crippen molar-refractivity contribution in [1.82, 2.24) is 29.8 Å². The third kappa shape index (κ3) is 6.23. The molecule has 1 fully saturated rings. The van der Waals surface area contributed by atoms with E-state index >= 15 is 0 Å². The third-order valence-electron chi connectivity index (χ3n) is 5.71. The highest BCUT2D eigenvalue weighted by atomic mass is 19.1. The minimum Gasteiger partial charge on any atom is -0.461 e. The Bertz CT molecular complexity index is 1200. The number of aryl methyl sites for hydroxylation is 1. The molecule has 4 rings (SSSR count). The number of piperidine rings is 1. The number of ether oxygens (including phenoxy) is 1. The molecule has 1 aromatic carbocycles. The van der Waals surface area contributed by atoms with E-state index in [2.05, 4.69) is 43.9 Å². The van der Waals surface area contributed by atoms with Gasteiger partial charge in [-0.25, -0.2) is 14.1 Å². The Morgan fingerprint density at radius 1 is 1.17 bits per heavy atom. The molecule has 2 aromatic heterocycles. The van der Waals surface area contributed by atoms with E-state index in [0.717, 1.165) is 30.2 Å². The highest BCUT2D eigenvalue weighted by Crippen LogP contribution is 2.24. The molecular weight excluding hydrogens is 447 g/mol. The van der Waals surface area contributed by atoms with Crippen LogP contribution in [0.3, 0.4) is 0 Å². The molecule has 8 nitrogen and oxygen atoms in total. The maximum Gasteiger partial charge on any atom is 0.297 e. The quantitative estimate of drug-likeness (QED) is 0.376. The first kappa shape index (κ1) is 24.4. The van der Waals surface area contributed by atoms with Crippen LogP contribution in [-0.2, 0) is 6.54 Å². The van der Waals surface area contributed by atoms with Gasteiger partial charge in [0.2, 0.25) is 18.0 Å². The van der Waals surface area contributed by atoms with Gasteiger partial charge >= 0.3 is 0 Å². The molecule has 0 spiro atoms. The van der Waals surface area contributed by atoms with E-state index in [4.69, 9.17) is 9.26 Å². The zero-order chi connectivity index (χ0) is 24.8. The highest BCUT2D eigenvalue weighted by molar-refractivity contribution is 5.57. The Morgan fingerprint density at radius 2 is 1.91 bits per heavy atom. The van der Waals surface area contributed by atoms with Gasteiger partial charge in [-0.2, -0.15) is 4.98 Å². The van der Waals surface area contributed by atoms with Crippen molar-refractivity contribution >= 4 is 0 Å². The molecule has 35 heavy (non-hydrogen) atoms. The maximum absolute atomic E-state index is 13.0. The lowest BCUT2D eigenvalue weighted by atomic mass is 10.1. The lowest BCUT2D eigenvalue weighted by Crippen LogP contribution is -2.28. The molecule has 1 unspecified atom stereocenters. The molecular formula is C26H31FN6O2. The fourth-order valence-electron chi connectivity index (χ4n) is 3.98. The molecule has 1 atom stereocenters. The Hall–Kier alpha value is -3.75. The number of rotatable bonds is 9. The molecule has 9 heteroatoms. The highest BCUT2D eigenvalue weighted by Gasteiger charge is 2.18. The third-order valence-corrected chi connectivity index (χ3v) is 5.71. The number of benzene rings is 1. The topological polar surface area (TPSA) is 82.1 Å².